The summed E-state index contributed by atoms with van der Waals surface area (Å²) in [5.41, 5.74) is 2.88. The van der Waals surface area contributed by atoms with Crippen LogP contribution >= 0.6 is 23.2 Å². The fourth-order valence-corrected chi connectivity index (χ4v) is 5.55. The van der Waals surface area contributed by atoms with Crippen molar-refractivity contribution in [3.8, 4) is 0 Å². The maximum absolute atomic E-state index is 13.6. The number of halogens is 2. The molecule has 0 fully saturated rings. The van der Waals surface area contributed by atoms with Crippen LogP contribution in [-0.4, -0.2) is 45.4 Å². The summed E-state index contributed by atoms with van der Waals surface area (Å²) < 4.78 is 33.4. The van der Waals surface area contributed by atoms with Gasteiger partial charge in [-0.15, -0.1) is 0 Å². The molecular formula is C22H28Cl2N2O4S. The molecular weight excluding hydrogens is 459 g/mol. The topological polar surface area (TPSA) is 75.7 Å². The summed E-state index contributed by atoms with van der Waals surface area (Å²) in [6.07, 6.45) is 0.637. The highest BCUT2D eigenvalue weighted by atomic mass is 35.5. The zero-order valence-corrected chi connectivity index (χ0v) is 20.5. The molecule has 0 aliphatic rings. The number of sulfonamides is 1. The van der Waals surface area contributed by atoms with E-state index in [1.165, 1.54) is 4.31 Å². The highest BCUT2D eigenvalue weighted by molar-refractivity contribution is 7.89. The van der Waals surface area contributed by atoms with Crippen molar-refractivity contribution < 1.29 is 17.9 Å². The minimum atomic E-state index is -3.96. The van der Waals surface area contributed by atoms with Crippen LogP contribution in [0, 0.1) is 20.8 Å². The molecule has 1 N–H and O–H groups in total. The second-order valence-electron chi connectivity index (χ2n) is 7.45. The van der Waals surface area contributed by atoms with Crippen LogP contribution in [0.4, 0.5) is 0 Å². The Morgan fingerprint density at radius 2 is 1.71 bits per heavy atom. The lowest BCUT2D eigenvalue weighted by molar-refractivity contribution is -0.121. The number of carbonyl (C=O) groups excluding carboxylic acids is 1. The van der Waals surface area contributed by atoms with Crippen molar-refractivity contribution in [2.24, 2.45) is 0 Å². The third-order valence-corrected chi connectivity index (χ3v) is 7.55. The van der Waals surface area contributed by atoms with Gasteiger partial charge in [-0.05, 0) is 56.0 Å². The number of methoxy groups -OCH3 is 1. The third kappa shape index (κ3) is 6.92. The van der Waals surface area contributed by atoms with Gasteiger partial charge in [-0.1, -0.05) is 47.0 Å². The number of carbonyl (C=O) groups is 1. The van der Waals surface area contributed by atoms with E-state index in [9.17, 15) is 13.2 Å². The first-order valence-electron chi connectivity index (χ1n) is 9.83. The quantitative estimate of drug-likeness (QED) is 0.508. The minimum Gasteiger partial charge on any atom is -0.385 e. The molecule has 0 atom stereocenters. The number of aryl methyl sites for hydroxylation is 3. The van der Waals surface area contributed by atoms with Gasteiger partial charge in [0.2, 0.25) is 15.9 Å². The number of amides is 1. The van der Waals surface area contributed by atoms with E-state index in [1.807, 2.05) is 19.1 Å². The molecule has 0 bridgehead atoms. The summed E-state index contributed by atoms with van der Waals surface area (Å²) in [4.78, 5) is 12.7. The molecule has 1 amide bonds. The summed E-state index contributed by atoms with van der Waals surface area (Å²) in [6, 6.07) is 8.56. The third-order valence-electron chi connectivity index (χ3n) is 4.71. The molecule has 0 aliphatic carbocycles. The summed E-state index contributed by atoms with van der Waals surface area (Å²) in [5.74, 6) is -0.387. The maximum Gasteiger partial charge on any atom is 0.244 e. The van der Waals surface area contributed by atoms with Crippen molar-refractivity contribution >= 4 is 39.1 Å². The van der Waals surface area contributed by atoms with Gasteiger partial charge in [0, 0.05) is 26.8 Å². The molecule has 6 nitrogen and oxygen atoms in total. The standard InChI is InChI=1S/C22H28Cl2N2O4S/c1-15-10-16(2)22(17(3)11-15)31(28,29)26(14-21(27)25-8-5-9-30-4)13-18-6-7-19(23)20(24)12-18/h6-7,10-12H,5,8-9,13-14H2,1-4H3,(H,25,27). The highest BCUT2D eigenvalue weighted by Gasteiger charge is 2.30. The molecule has 9 heteroatoms. The molecule has 0 unspecified atom stereocenters. The first kappa shape index (κ1) is 25.6. The smallest absolute Gasteiger partial charge is 0.244 e. The van der Waals surface area contributed by atoms with Crippen LogP contribution < -0.4 is 5.32 Å². The number of ether oxygens (including phenoxy) is 1. The fourth-order valence-electron chi connectivity index (χ4n) is 3.43. The monoisotopic (exact) mass is 486 g/mol. The van der Waals surface area contributed by atoms with Gasteiger partial charge in [0.15, 0.2) is 0 Å². The van der Waals surface area contributed by atoms with Crippen LogP contribution in [0.25, 0.3) is 0 Å². The molecule has 170 valence electrons. The molecule has 0 saturated carbocycles. The van der Waals surface area contributed by atoms with Crippen LogP contribution in [0.2, 0.25) is 10.0 Å². The zero-order chi connectivity index (χ0) is 23.2. The van der Waals surface area contributed by atoms with E-state index < -0.39 is 10.0 Å². The molecule has 2 aromatic carbocycles. The summed E-state index contributed by atoms with van der Waals surface area (Å²) in [7, 11) is -2.38. The van der Waals surface area contributed by atoms with Crippen LogP contribution in [0.1, 0.15) is 28.7 Å². The van der Waals surface area contributed by atoms with Crippen LogP contribution in [0.15, 0.2) is 35.2 Å². The van der Waals surface area contributed by atoms with Gasteiger partial charge in [-0.2, -0.15) is 4.31 Å². The van der Waals surface area contributed by atoms with Gasteiger partial charge < -0.3 is 10.1 Å². The van der Waals surface area contributed by atoms with Gasteiger partial charge >= 0.3 is 0 Å². The fraction of sp³-hybridized carbons (Fsp3) is 0.409. The number of hydrogen-bond donors (Lipinski definition) is 1. The van der Waals surface area contributed by atoms with Crippen molar-refractivity contribution in [1.29, 1.82) is 0 Å². The number of nitrogens with zero attached hydrogens (tertiary/aromatic N) is 1. The van der Waals surface area contributed by atoms with E-state index in [4.69, 9.17) is 27.9 Å². The van der Waals surface area contributed by atoms with Crippen molar-refractivity contribution in [2.75, 3.05) is 26.8 Å². The Bertz CT molecular complexity index is 1020. The Morgan fingerprint density at radius 1 is 1.06 bits per heavy atom. The van der Waals surface area contributed by atoms with Gasteiger partial charge in [-0.3, -0.25) is 4.79 Å². The average Bonchev–Trinajstić information content (AvgIpc) is 2.66. The second-order valence-corrected chi connectivity index (χ2v) is 10.1. The second kappa shape index (κ2) is 11.3. The molecule has 0 saturated heterocycles. The van der Waals surface area contributed by atoms with Gasteiger partial charge in [0.05, 0.1) is 21.5 Å². The maximum atomic E-state index is 13.6. The Balaban J connectivity index is 2.38. The van der Waals surface area contributed by atoms with E-state index in [2.05, 4.69) is 5.32 Å². The number of hydrogen-bond acceptors (Lipinski definition) is 4. The summed E-state index contributed by atoms with van der Waals surface area (Å²) >= 11 is 12.1. The highest BCUT2D eigenvalue weighted by Crippen LogP contribution is 2.28. The molecule has 2 rings (SSSR count). The molecule has 0 radical (unpaired) electrons. The number of nitrogens with one attached hydrogen (secondary N) is 1. The zero-order valence-electron chi connectivity index (χ0n) is 18.2. The van der Waals surface area contributed by atoms with Gasteiger partial charge in [-0.25, -0.2) is 8.42 Å². The first-order valence-corrected chi connectivity index (χ1v) is 12.0. The number of benzene rings is 2. The Kier molecular flexibility index (Phi) is 9.33. The van der Waals surface area contributed by atoms with E-state index in [0.717, 1.165) is 5.56 Å². The minimum absolute atomic E-state index is 0.0164. The lowest BCUT2D eigenvalue weighted by Gasteiger charge is -2.24. The predicted octanol–water partition coefficient (Wildman–Crippen LogP) is 4.26. The Hall–Kier alpha value is -1.64. The Labute approximate surface area is 194 Å². The molecule has 0 aromatic heterocycles. The van der Waals surface area contributed by atoms with Crippen molar-refractivity contribution in [1.82, 2.24) is 9.62 Å². The average molecular weight is 487 g/mol. The summed E-state index contributed by atoms with van der Waals surface area (Å²) in [5, 5.41) is 3.44. The van der Waals surface area contributed by atoms with Crippen LogP contribution in [0.3, 0.4) is 0 Å². The summed E-state index contributed by atoms with van der Waals surface area (Å²) in [6.45, 7) is 6.00. The molecule has 0 spiro atoms. The van der Waals surface area contributed by atoms with E-state index in [-0.39, 0.29) is 23.9 Å². The largest absolute Gasteiger partial charge is 0.385 e. The van der Waals surface area contributed by atoms with Gasteiger partial charge in [0.25, 0.3) is 0 Å². The van der Waals surface area contributed by atoms with Crippen LogP contribution in [-0.2, 0) is 26.1 Å². The molecule has 0 aliphatic heterocycles. The van der Waals surface area contributed by atoms with E-state index >= 15 is 0 Å². The normalized spacial score (nSPS) is 11.7. The van der Waals surface area contributed by atoms with Crippen LogP contribution in [0.5, 0.6) is 0 Å². The van der Waals surface area contributed by atoms with E-state index in [0.29, 0.717) is 46.3 Å². The van der Waals surface area contributed by atoms with E-state index in [1.54, 1.807) is 39.2 Å². The molecule has 31 heavy (non-hydrogen) atoms. The lowest BCUT2D eigenvalue weighted by Crippen LogP contribution is -2.41. The van der Waals surface area contributed by atoms with Crippen molar-refractivity contribution in [3.63, 3.8) is 0 Å². The first-order chi connectivity index (χ1) is 14.6. The Morgan fingerprint density at radius 3 is 2.29 bits per heavy atom. The van der Waals surface area contributed by atoms with Crippen molar-refractivity contribution in [3.05, 3.63) is 62.6 Å². The molecule has 2 aromatic rings. The SMILES string of the molecule is COCCCNC(=O)CN(Cc1ccc(Cl)c(Cl)c1)S(=O)(=O)c1c(C)cc(C)cc1C. The van der Waals surface area contributed by atoms with Crippen molar-refractivity contribution in [2.45, 2.75) is 38.6 Å². The molecule has 0 heterocycles. The lowest BCUT2D eigenvalue weighted by atomic mass is 10.1. The predicted molar refractivity (Wildman–Crippen MR) is 124 cm³/mol. The van der Waals surface area contributed by atoms with Gasteiger partial charge in [0.1, 0.15) is 0 Å². The number of rotatable bonds is 10.